The highest BCUT2D eigenvalue weighted by Gasteiger charge is 2.31. The summed E-state index contributed by atoms with van der Waals surface area (Å²) >= 11 is 0. The first-order chi connectivity index (χ1) is 52.9. The molecule has 109 heavy (non-hydrogen) atoms. The number of hydrogen-bond donors (Lipinski definition) is 3. The van der Waals surface area contributed by atoms with Crippen molar-refractivity contribution in [1.82, 2.24) is 0 Å². The van der Waals surface area contributed by atoms with Crippen LogP contribution in [0.4, 0.5) is 0 Å². The van der Waals surface area contributed by atoms with Gasteiger partial charge in [0.25, 0.3) is 0 Å². The summed E-state index contributed by atoms with van der Waals surface area (Å²) in [5.74, 6) is -0.506. The summed E-state index contributed by atoms with van der Waals surface area (Å²) < 4.78 is 69.1. The molecule has 6 atom stereocenters. The summed E-state index contributed by atoms with van der Waals surface area (Å²) in [7, 11) is -9.94. The van der Waals surface area contributed by atoms with Crippen molar-refractivity contribution in [1.29, 1.82) is 0 Å². The van der Waals surface area contributed by atoms with Crippen molar-refractivity contribution >= 4 is 39.5 Å². The summed E-state index contributed by atoms with van der Waals surface area (Å²) in [5.41, 5.74) is 0. The molecule has 19 heteroatoms. The van der Waals surface area contributed by atoms with Crippen molar-refractivity contribution in [3.05, 3.63) is 0 Å². The van der Waals surface area contributed by atoms with Gasteiger partial charge in [-0.15, -0.1) is 0 Å². The fourth-order valence-electron chi connectivity index (χ4n) is 14.1. The molecule has 0 aliphatic rings. The quantitative estimate of drug-likeness (QED) is 0.0222. The first-order valence-corrected chi connectivity index (χ1v) is 49.5. The van der Waals surface area contributed by atoms with Crippen LogP contribution in [-0.4, -0.2) is 96.7 Å². The smallest absolute Gasteiger partial charge is 0.462 e. The second-order valence-electron chi connectivity index (χ2n) is 33.1. The lowest BCUT2D eigenvalue weighted by molar-refractivity contribution is -0.161. The predicted molar refractivity (Wildman–Crippen MR) is 451 cm³/mol. The van der Waals surface area contributed by atoms with Gasteiger partial charge in [-0.3, -0.25) is 37.3 Å². The molecule has 0 amide bonds. The van der Waals surface area contributed by atoms with Gasteiger partial charge in [0.05, 0.1) is 26.4 Å². The van der Waals surface area contributed by atoms with Crippen LogP contribution in [0.1, 0.15) is 485 Å². The van der Waals surface area contributed by atoms with E-state index in [9.17, 15) is 43.2 Å². The third-order valence-electron chi connectivity index (χ3n) is 21.6. The number of aliphatic hydroxyl groups excluding tert-OH is 1. The number of rotatable bonds is 89. The van der Waals surface area contributed by atoms with E-state index >= 15 is 0 Å². The maximum absolute atomic E-state index is 13.2. The van der Waals surface area contributed by atoms with E-state index in [0.717, 1.165) is 102 Å². The van der Waals surface area contributed by atoms with Gasteiger partial charge >= 0.3 is 39.5 Å². The van der Waals surface area contributed by atoms with E-state index in [1.54, 1.807) is 0 Å². The summed E-state index contributed by atoms with van der Waals surface area (Å²) in [5, 5.41) is 10.7. The number of phosphoric ester groups is 2. The number of esters is 4. The number of unbranched alkanes of at least 4 members (excludes halogenated alkanes) is 58. The molecular formula is C90H176O17P2. The molecule has 3 unspecified atom stereocenters. The molecule has 0 saturated carbocycles. The minimum Gasteiger partial charge on any atom is -0.462 e. The van der Waals surface area contributed by atoms with Gasteiger partial charge in [0.15, 0.2) is 12.2 Å². The Morgan fingerprint density at radius 1 is 0.266 bits per heavy atom. The second kappa shape index (κ2) is 81.2. The molecular weight excluding hydrogens is 1410 g/mol. The molecule has 17 nitrogen and oxygen atoms in total. The molecule has 0 heterocycles. The predicted octanol–water partition coefficient (Wildman–Crippen LogP) is 27.8. The topological polar surface area (TPSA) is 237 Å². The number of aliphatic hydroxyl groups is 1. The van der Waals surface area contributed by atoms with Gasteiger partial charge in [-0.1, -0.05) is 433 Å². The monoisotopic (exact) mass is 1590 g/mol. The lowest BCUT2D eigenvalue weighted by Gasteiger charge is -2.21. The zero-order chi connectivity index (χ0) is 79.9. The van der Waals surface area contributed by atoms with E-state index in [1.165, 1.54) is 302 Å². The highest BCUT2D eigenvalue weighted by Crippen LogP contribution is 2.45. The Labute approximate surface area is 670 Å². The van der Waals surface area contributed by atoms with E-state index in [2.05, 4.69) is 41.5 Å². The molecule has 0 aliphatic heterocycles. The number of carbonyl (C=O) groups is 4. The molecule has 0 rings (SSSR count). The molecule has 0 aromatic heterocycles. The number of ether oxygens (including phenoxy) is 4. The number of phosphoric acid groups is 2. The van der Waals surface area contributed by atoms with Gasteiger partial charge in [-0.25, -0.2) is 9.13 Å². The van der Waals surface area contributed by atoms with E-state index in [1.807, 2.05) is 0 Å². The number of carbonyl (C=O) groups excluding carboxylic acids is 4. The molecule has 3 N–H and O–H groups in total. The lowest BCUT2D eigenvalue weighted by atomic mass is 9.99. The Balaban J connectivity index is 5.25. The van der Waals surface area contributed by atoms with Gasteiger partial charge in [-0.05, 0) is 37.5 Å². The zero-order valence-electron chi connectivity index (χ0n) is 71.9. The van der Waals surface area contributed by atoms with Crippen molar-refractivity contribution in [2.24, 2.45) is 11.8 Å². The van der Waals surface area contributed by atoms with Crippen molar-refractivity contribution in [3.8, 4) is 0 Å². The Morgan fingerprint density at radius 2 is 0.468 bits per heavy atom. The second-order valence-corrected chi connectivity index (χ2v) is 36.0. The SMILES string of the molecule is CCCCCCCCCCCCCCCCCCCCCCC(=O)O[C@H](COC(=O)CCCCCCCCCCCCCCCCCCC(C)C)COP(=O)(O)OC[C@@H](O)COP(=O)(O)OC[C@@H](COC(=O)CCCCCCCCCCC(C)CC)OC(=O)CCCCCCCCCCCCCCCCCCCC. The van der Waals surface area contributed by atoms with Crippen LogP contribution in [0.25, 0.3) is 0 Å². The third kappa shape index (κ3) is 82.4. The third-order valence-corrected chi connectivity index (χ3v) is 23.5. The molecule has 0 aromatic carbocycles. The largest absolute Gasteiger partial charge is 0.472 e. The average Bonchev–Trinajstić information content (AvgIpc) is 0.897. The minimum atomic E-state index is -4.97. The highest BCUT2D eigenvalue weighted by atomic mass is 31.2. The number of hydrogen-bond acceptors (Lipinski definition) is 15. The standard InChI is InChI=1S/C90H176O17P2/c1-7-10-12-14-16-18-20-22-24-26-28-29-31-37-41-45-49-57-63-69-74-89(94)106-85(78-100-87(92)72-66-60-54-47-43-39-35-33-32-34-38-42-46-52-58-64-70-82(4)5)80-104-108(96,97)102-76-84(91)77-103-109(98,99)105-81-86(79-101-88(93)73-67-61-55-51-50-53-59-65-71-83(6)9-3)107-90(95)75-68-62-56-48-44-40-36-30-27-25-23-21-19-17-15-13-11-8-2/h82-86,91H,7-81H2,1-6H3,(H,96,97)(H,98,99)/t83?,84-,85-,86-/m1/s1. The van der Waals surface area contributed by atoms with E-state index in [0.29, 0.717) is 25.7 Å². The van der Waals surface area contributed by atoms with E-state index in [-0.39, 0.29) is 25.7 Å². The molecule has 0 radical (unpaired) electrons. The molecule has 648 valence electrons. The van der Waals surface area contributed by atoms with Crippen LogP contribution in [0, 0.1) is 11.8 Å². The maximum atomic E-state index is 13.2. The van der Waals surface area contributed by atoms with E-state index in [4.69, 9.17) is 37.0 Å². The Bertz CT molecular complexity index is 2080. The Kier molecular flexibility index (Phi) is 79.8. The van der Waals surface area contributed by atoms with E-state index < -0.39 is 97.5 Å². The lowest BCUT2D eigenvalue weighted by Crippen LogP contribution is -2.30. The molecule has 0 aliphatic carbocycles. The summed E-state index contributed by atoms with van der Waals surface area (Å²) in [4.78, 5) is 73.4. The van der Waals surface area contributed by atoms with Crippen LogP contribution in [0.5, 0.6) is 0 Å². The van der Waals surface area contributed by atoms with Crippen LogP contribution >= 0.6 is 15.6 Å². The van der Waals surface area contributed by atoms with Gasteiger partial charge in [0, 0.05) is 25.7 Å². The van der Waals surface area contributed by atoms with Crippen LogP contribution < -0.4 is 0 Å². The summed E-state index contributed by atoms with van der Waals surface area (Å²) in [6.45, 7) is 9.74. The first kappa shape index (κ1) is 107. The molecule has 0 spiro atoms. The van der Waals surface area contributed by atoms with Gasteiger partial charge < -0.3 is 33.8 Å². The van der Waals surface area contributed by atoms with Gasteiger partial charge in [0.1, 0.15) is 19.3 Å². The Morgan fingerprint density at radius 3 is 0.697 bits per heavy atom. The Hall–Kier alpha value is -1.94. The first-order valence-electron chi connectivity index (χ1n) is 46.5. The molecule has 0 saturated heterocycles. The highest BCUT2D eigenvalue weighted by molar-refractivity contribution is 7.47. The maximum Gasteiger partial charge on any atom is 0.472 e. The normalized spacial score (nSPS) is 14.0. The summed E-state index contributed by atoms with van der Waals surface area (Å²) in [6.07, 6.45) is 75.0. The van der Waals surface area contributed by atoms with Crippen LogP contribution in [0.3, 0.4) is 0 Å². The average molecular weight is 1590 g/mol. The molecule has 0 fully saturated rings. The van der Waals surface area contributed by atoms with Crippen molar-refractivity contribution in [2.75, 3.05) is 39.6 Å². The van der Waals surface area contributed by atoms with Crippen molar-refractivity contribution in [3.63, 3.8) is 0 Å². The fraction of sp³-hybridized carbons (Fsp3) is 0.956. The molecule has 0 bridgehead atoms. The van der Waals surface area contributed by atoms with Gasteiger partial charge in [-0.2, -0.15) is 0 Å². The minimum absolute atomic E-state index is 0.108. The molecule has 0 aromatic rings. The zero-order valence-corrected chi connectivity index (χ0v) is 73.7. The van der Waals surface area contributed by atoms with Crippen molar-refractivity contribution in [2.45, 2.75) is 503 Å². The van der Waals surface area contributed by atoms with Crippen molar-refractivity contribution < 1.29 is 80.2 Å². The van der Waals surface area contributed by atoms with Crippen LogP contribution in [-0.2, 0) is 65.4 Å². The summed E-state index contributed by atoms with van der Waals surface area (Å²) in [6, 6.07) is 0. The van der Waals surface area contributed by atoms with Gasteiger partial charge in [0.2, 0.25) is 0 Å². The van der Waals surface area contributed by atoms with Crippen LogP contribution in [0.2, 0.25) is 0 Å². The van der Waals surface area contributed by atoms with Crippen LogP contribution in [0.15, 0.2) is 0 Å². The fourth-order valence-corrected chi connectivity index (χ4v) is 15.7.